The molecule has 2 N–H and O–H groups in total. The molecule has 1 aromatic heterocycles. The summed E-state index contributed by atoms with van der Waals surface area (Å²) in [5.41, 5.74) is 2.95. The molecule has 1 atom stereocenters. The van der Waals surface area contributed by atoms with Gasteiger partial charge in [-0.2, -0.15) is 4.98 Å². The number of benzene rings is 2. The highest BCUT2D eigenvalue weighted by molar-refractivity contribution is 5.62. The summed E-state index contributed by atoms with van der Waals surface area (Å²) >= 11 is 0. The van der Waals surface area contributed by atoms with E-state index in [-0.39, 0.29) is 6.04 Å². The van der Waals surface area contributed by atoms with E-state index in [4.69, 9.17) is 9.47 Å². The van der Waals surface area contributed by atoms with Crippen molar-refractivity contribution < 1.29 is 9.47 Å². The van der Waals surface area contributed by atoms with Crippen LogP contribution in [0.25, 0.3) is 0 Å². The first-order chi connectivity index (χ1) is 13.2. The standard InChI is InChI=1S/C21H22N4O2/c1-14-12-20(24-17-8-9-18-19(13-17)27-11-10-26-18)25-21(22-14)23-15(2)16-6-4-3-5-7-16/h3-9,12-13,15H,10-11H2,1-2H3,(H2,22,23,24,25). The molecule has 0 spiro atoms. The third-order valence-electron chi connectivity index (χ3n) is 4.31. The van der Waals surface area contributed by atoms with Crippen molar-refractivity contribution in [3.05, 3.63) is 65.9 Å². The van der Waals surface area contributed by atoms with Gasteiger partial charge in [0.25, 0.3) is 0 Å². The van der Waals surface area contributed by atoms with Crippen LogP contribution in [0.4, 0.5) is 17.5 Å². The van der Waals surface area contributed by atoms with Gasteiger partial charge in [-0.15, -0.1) is 0 Å². The van der Waals surface area contributed by atoms with E-state index in [1.807, 2.05) is 49.4 Å². The second-order valence-electron chi connectivity index (χ2n) is 6.48. The second kappa shape index (κ2) is 7.53. The van der Waals surface area contributed by atoms with Crippen LogP contribution >= 0.6 is 0 Å². The van der Waals surface area contributed by atoms with Crippen LogP contribution in [0.15, 0.2) is 54.6 Å². The highest BCUT2D eigenvalue weighted by Crippen LogP contribution is 2.33. The van der Waals surface area contributed by atoms with E-state index in [1.165, 1.54) is 5.56 Å². The summed E-state index contributed by atoms with van der Waals surface area (Å²) in [6, 6.07) is 18.0. The first-order valence-electron chi connectivity index (χ1n) is 9.01. The summed E-state index contributed by atoms with van der Waals surface area (Å²) in [6.45, 7) is 5.19. The number of hydrogen-bond donors (Lipinski definition) is 2. The third kappa shape index (κ3) is 4.11. The average molecular weight is 362 g/mol. The number of rotatable bonds is 5. The zero-order chi connectivity index (χ0) is 18.6. The molecule has 4 rings (SSSR count). The minimum absolute atomic E-state index is 0.107. The van der Waals surface area contributed by atoms with Gasteiger partial charge in [0.2, 0.25) is 5.95 Å². The molecule has 1 aliphatic heterocycles. The van der Waals surface area contributed by atoms with Crippen molar-refractivity contribution in [2.45, 2.75) is 19.9 Å². The Hall–Kier alpha value is -3.28. The Morgan fingerprint density at radius 2 is 1.70 bits per heavy atom. The summed E-state index contributed by atoms with van der Waals surface area (Å²) < 4.78 is 11.2. The van der Waals surface area contributed by atoms with E-state index in [0.29, 0.717) is 19.2 Å². The molecule has 2 heterocycles. The Kier molecular flexibility index (Phi) is 4.78. The number of aromatic nitrogens is 2. The molecule has 0 aliphatic carbocycles. The van der Waals surface area contributed by atoms with Gasteiger partial charge in [0.1, 0.15) is 19.0 Å². The maximum absolute atomic E-state index is 5.64. The van der Waals surface area contributed by atoms with Gasteiger partial charge in [0.15, 0.2) is 11.5 Å². The summed E-state index contributed by atoms with van der Waals surface area (Å²) in [7, 11) is 0. The molecule has 1 unspecified atom stereocenters. The highest BCUT2D eigenvalue weighted by atomic mass is 16.6. The van der Waals surface area contributed by atoms with Crippen molar-refractivity contribution in [3.63, 3.8) is 0 Å². The lowest BCUT2D eigenvalue weighted by Crippen LogP contribution is -2.15. The van der Waals surface area contributed by atoms with Crippen LogP contribution in [0.3, 0.4) is 0 Å². The fourth-order valence-corrected chi connectivity index (χ4v) is 2.98. The Balaban J connectivity index is 1.52. The average Bonchev–Trinajstić information content (AvgIpc) is 2.68. The van der Waals surface area contributed by atoms with Crippen LogP contribution < -0.4 is 20.1 Å². The maximum Gasteiger partial charge on any atom is 0.225 e. The number of aryl methyl sites for hydroxylation is 1. The number of nitrogens with zero attached hydrogens (tertiary/aromatic N) is 2. The number of nitrogens with one attached hydrogen (secondary N) is 2. The summed E-state index contributed by atoms with van der Waals surface area (Å²) in [5.74, 6) is 2.83. The predicted octanol–water partition coefficient (Wildman–Crippen LogP) is 4.47. The monoisotopic (exact) mass is 362 g/mol. The summed E-state index contributed by atoms with van der Waals surface area (Å²) in [5, 5.41) is 6.69. The highest BCUT2D eigenvalue weighted by Gasteiger charge is 2.13. The molecular formula is C21H22N4O2. The van der Waals surface area contributed by atoms with E-state index >= 15 is 0 Å². The van der Waals surface area contributed by atoms with Crippen molar-refractivity contribution >= 4 is 17.5 Å². The molecule has 6 heteroatoms. The van der Waals surface area contributed by atoms with Crippen LogP contribution in [0.1, 0.15) is 24.2 Å². The molecule has 1 aliphatic rings. The van der Waals surface area contributed by atoms with Gasteiger partial charge in [0.05, 0.1) is 6.04 Å². The number of anilines is 3. The van der Waals surface area contributed by atoms with Crippen LogP contribution in [0.2, 0.25) is 0 Å². The lowest BCUT2D eigenvalue weighted by Gasteiger charge is -2.19. The van der Waals surface area contributed by atoms with Crippen LogP contribution in [0.5, 0.6) is 11.5 Å². The maximum atomic E-state index is 5.64. The number of fused-ring (bicyclic) bond motifs is 1. The molecular weight excluding hydrogens is 340 g/mol. The smallest absolute Gasteiger partial charge is 0.225 e. The van der Waals surface area contributed by atoms with Crippen molar-refractivity contribution in [2.24, 2.45) is 0 Å². The zero-order valence-corrected chi connectivity index (χ0v) is 15.4. The van der Waals surface area contributed by atoms with E-state index < -0.39 is 0 Å². The fraction of sp³-hybridized carbons (Fsp3) is 0.238. The van der Waals surface area contributed by atoms with Gasteiger partial charge in [0, 0.05) is 23.5 Å². The van der Waals surface area contributed by atoms with Gasteiger partial charge >= 0.3 is 0 Å². The van der Waals surface area contributed by atoms with Crippen molar-refractivity contribution in [1.82, 2.24) is 9.97 Å². The topological polar surface area (TPSA) is 68.3 Å². The van der Waals surface area contributed by atoms with Gasteiger partial charge in [-0.3, -0.25) is 0 Å². The SMILES string of the molecule is Cc1cc(Nc2ccc3c(c2)OCCO3)nc(NC(C)c2ccccc2)n1. The van der Waals surface area contributed by atoms with E-state index in [2.05, 4.69) is 39.7 Å². The Bertz CT molecular complexity index is 931. The minimum atomic E-state index is 0.107. The van der Waals surface area contributed by atoms with Crippen molar-refractivity contribution in [1.29, 1.82) is 0 Å². The summed E-state index contributed by atoms with van der Waals surface area (Å²) in [6.07, 6.45) is 0. The molecule has 3 aromatic rings. The first-order valence-corrected chi connectivity index (χ1v) is 9.01. The third-order valence-corrected chi connectivity index (χ3v) is 4.31. The molecule has 27 heavy (non-hydrogen) atoms. The zero-order valence-electron chi connectivity index (χ0n) is 15.4. The lowest BCUT2D eigenvalue weighted by molar-refractivity contribution is 0.171. The molecule has 0 amide bonds. The predicted molar refractivity (Wildman–Crippen MR) is 106 cm³/mol. The first kappa shape index (κ1) is 17.1. The van der Waals surface area contributed by atoms with Gasteiger partial charge in [-0.1, -0.05) is 30.3 Å². The Morgan fingerprint density at radius 3 is 2.52 bits per heavy atom. The van der Waals surface area contributed by atoms with Gasteiger partial charge < -0.3 is 20.1 Å². The Morgan fingerprint density at radius 1 is 0.926 bits per heavy atom. The molecule has 0 bridgehead atoms. The van der Waals surface area contributed by atoms with Gasteiger partial charge in [-0.25, -0.2) is 4.98 Å². The Labute approximate surface area is 158 Å². The molecule has 2 aromatic carbocycles. The molecule has 0 radical (unpaired) electrons. The normalized spacial score (nSPS) is 13.7. The number of hydrogen-bond acceptors (Lipinski definition) is 6. The lowest BCUT2D eigenvalue weighted by atomic mass is 10.1. The molecule has 0 saturated carbocycles. The van der Waals surface area contributed by atoms with E-state index in [0.717, 1.165) is 28.7 Å². The molecule has 6 nitrogen and oxygen atoms in total. The second-order valence-corrected chi connectivity index (χ2v) is 6.48. The minimum Gasteiger partial charge on any atom is -0.486 e. The van der Waals surface area contributed by atoms with Crippen LogP contribution in [-0.2, 0) is 0 Å². The van der Waals surface area contributed by atoms with E-state index in [9.17, 15) is 0 Å². The molecule has 138 valence electrons. The van der Waals surface area contributed by atoms with Crippen molar-refractivity contribution in [2.75, 3.05) is 23.8 Å². The fourth-order valence-electron chi connectivity index (χ4n) is 2.98. The van der Waals surface area contributed by atoms with Gasteiger partial charge in [-0.05, 0) is 31.5 Å². The number of ether oxygens (including phenoxy) is 2. The quantitative estimate of drug-likeness (QED) is 0.698. The largest absolute Gasteiger partial charge is 0.486 e. The summed E-state index contributed by atoms with van der Waals surface area (Å²) in [4.78, 5) is 9.11. The van der Waals surface area contributed by atoms with Crippen molar-refractivity contribution in [3.8, 4) is 11.5 Å². The molecule has 0 fully saturated rings. The molecule has 0 saturated heterocycles. The van der Waals surface area contributed by atoms with Crippen LogP contribution in [-0.4, -0.2) is 23.2 Å². The van der Waals surface area contributed by atoms with Crippen LogP contribution in [0, 0.1) is 6.92 Å². The van der Waals surface area contributed by atoms with E-state index in [1.54, 1.807) is 0 Å².